The number of rotatable bonds is 3. The van der Waals surface area contributed by atoms with Crippen molar-refractivity contribution in [2.45, 2.75) is 26.5 Å². The Morgan fingerprint density at radius 2 is 2.27 bits per heavy atom. The van der Waals surface area contributed by atoms with Gasteiger partial charge in [-0.1, -0.05) is 23.7 Å². The van der Waals surface area contributed by atoms with E-state index < -0.39 is 6.09 Å². The Kier molecular flexibility index (Phi) is 4.43. The summed E-state index contributed by atoms with van der Waals surface area (Å²) in [4.78, 5) is 11.1. The van der Waals surface area contributed by atoms with Gasteiger partial charge in [0.15, 0.2) is 0 Å². The van der Waals surface area contributed by atoms with Crippen molar-refractivity contribution < 1.29 is 9.53 Å². The van der Waals surface area contributed by atoms with E-state index in [9.17, 15) is 4.79 Å². The summed E-state index contributed by atoms with van der Waals surface area (Å²) in [6.45, 7) is 4.03. The van der Waals surface area contributed by atoms with Crippen molar-refractivity contribution in [2.75, 3.05) is 0 Å². The van der Waals surface area contributed by atoms with Gasteiger partial charge in [-0.15, -0.1) is 0 Å². The van der Waals surface area contributed by atoms with Crippen LogP contribution in [0.25, 0.3) is 0 Å². The van der Waals surface area contributed by atoms with Gasteiger partial charge >= 0.3 is 6.09 Å². The lowest BCUT2D eigenvalue weighted by Crippen LogP contribution is -2.26. The average Bonchev–Trinajstić information content (AvgIpc) is 2.14. The standard InChI is InChI=1S/C11H14ClNO2/c1-8(2)15-11(14)13-7-9-4-3-5-10(12)6-9/h3-6,8H,7H2,1-2H3,(H,13,14). The first-order valence-electron chi connectivity index (χ1n) is 4.77. The predicted octanol–water partition coefficient (Wildman–Crippen LogP) is 2.97. The maximum absolute atomic E-state index is 11.1. The Morgan fingerprint density at radius 1 is 1.53 bits per heavy atom. The van der Waals surface area contributed by atoms with E-state index in [-0.39, 0.29) is 6.10 Å². The number of hydrogen-bond donors (Lipinski definition) is 1. The molecule has 0 heterocycles. The number of halogens is 1. The van der Waals surface area contributed by atoms with Crippen molar-refractivity contribution in [3.8, 4) is 0 Å². The minimum Gasteiger partial charge on any atom is -0.447 e. The van der Waals surface area contributed by atoms with Crippen LogP contribution in [-0.4, -0.2) is 12.2 Å². The highest BCUT2D eigenvalue weighted by atomic mass is 35.5. The minimum atomic E-state index is -0.412. The van der Waals surface area contributed by atoms with Crippen LogP contribution in [0.15, 0.2) is 24.3 Å². The zero-order valence-electron chi connectivity index (χ0n) is 8.79. The smallest absolute Gasteiger partial charge is 0.407 e. The van der Waals surface area contributed by atoms with Crippen LogP contribution in [0.4, 0.5) is 4.79 Å². The molecule has 0 saturated heterocycles. The Hall–Kier alpha value is -1.22. The molecule has 0 aliphatic heterocycles. The fourth-order valence-electron chi connectivity index (χ4n) is 1.08. The molecule has 82 valence electrons. The number of benzene rings is 1. The Morgan fingerprint density at radius 3 is 2.87 bits per heavy atom. The van der Waals surface area contributed by atoms with Crippen molar-refractivity contribution in [1.82, 2.24) is 5.32 Å². The number of ether oxygens (including phenoxy) is 1. The third-order valence-corrected chi connectivity index (χ3v) is 1.90. The van der Waals surface area contributed by atoms with Gasteiger partial charge in [-0.05, 0) is 31.5 Å². The zero-order valence-corrected chi connectivity index (χ0v) is 9.54. The first kappa shape index (κ1) is 11.9. The highest BCUT2D eigenvalue weighted by Gasteiger charge is 2.03. The van der Waals surface area contributed by atoms with Crippen LogP contribution in [-0.2, 0) is 11.3 Å². The van der Waals surface area contributed by atoms with E-state index in [4.69, 9.17) is 16.3 Å². The first-order valence-corrected chi connectivity index (χ1v) is 5.14. The molecule has 0 radical (unpaired) electrons. The number of alkyl carbamates (subject to hydrolysis) is 1. The van der Waals surface area contributed by atoms with E-state index in [0.29, 0.717) is 11.6 Å². The van der Waals surface area contributed by atoms with Gasteiger partial charge < -0.3 is 10.1 Å². The van der Waals surface area contributed by atoms with Crippen LogP contribution in [0.1, 0.15) is 19.4 Å². The molecule has 3 nitrogen and oxygen atoms in total. The van der Waals surface area contributed by atoms with Crippen molar-refractivity contribution in [3.05, 3.63) is 34.9 Å². The van der Waals surface area contributed by atoms with Crippen LogP contribution in [0, 0.1) is 0 Å². The Balaban J connectivity index is 2.40. The molecule has 1 rings (SSSR count). The number of carbonyl (C=O) groups is 1. The third-order valence-electron chi connectivity index (χ3n) is 1.67. The number of carbonyl (C=O) groups excluding carboxylic acids is 1. The number of hydrogen-bond acceptors (Lipinski definition) is 2. The lowest BCUT2D eigenvalue weighted by atomic mass is 10.2. The molecule has 0 aliphatic rings. The van der Waals surface area contributed by atoms with E-state index >= 15 is 0 Å². The fraction of sp³-hybridized carbons (Fsp3) is 0.364. The normalized spacial score (nSPS) is 10.1. The second kappa shape index (κ2) is 5.61. The number of amides is 1. The Labute approximate surface area is 94.4 Å². The van der Waals surface area contributed by atoms with Crippen LogP contribution in [0.5, 0.6) is 0 Å². The van der Waals surface area contributed by atoms with E-state index in [1.807, 2.05) is 12.1 Å². The molecule has 0 fully saturated rings. The van der Waals surface area contributed by atoms with Crippen LogP contribution in [0.3, 0.4) is 0 Å². The van der Waals surface area contributed by atoms with Gasteiger partial charge in [-0.2, -0.15) is 0 Å². The molecule has 1 N–H and O–H groups in total. The van der Waals surface area contributed by atoms with Crippen LogP contribution < -0.4 is 5.32 Å². The molecule has 0 aromatic heterocycles. The van der Waals surface area contributed by atoms with E-state index in [1.54, 1.807) is 26.0 Å². The zero-order chi connectivity index (χ0) is 11.3. The molecule has 1 aromatic carbocycles. The molecule has 0 aliphatic carbocycles. The van der Waals surface area contributed by atoms with E-state index in [1.165, 1.54) is 0 Å². The van der Waals surface area contributed by atoms with Gasteiger partial charge in [0.2, 0.25) is 0 Å². The average molecular weight is 228 g/mol. The summed E-state index contributed by atoms with van der Waals surface area (Å²) in [6, 6.07) is 7.32. The summed E-state index contributed by atoms with van der Waals surface area (Å²) < 4.78 is 4.92. The Bertz CT molecular complexity index is 339. The molecular weight excluding hydrogens is 214 g/mol. The highest BCUT2D eigenvalue weighted by molar-refractivity contribution is 6.30. The second-order valence-electron chi connectivity index (χ2n) is 3.44. The molecule has 0 unspecified atom stereocenters. The summed E-state index contributed by atoms with van der Waals surface area (Å²) in [7, 11) is 0. The number of nitrogens with one attached hydrogen (secondary N) is 1. The van der Waals surface area contributed by atoms with Crippen LogP contribution >= 0.6 is 11.6 Å². The van der Waals surface area contributed by atoms with Gasteiger partial charge in [-0.25, -0.2) is 4.79 Å². The molecule has 1 amide bonds. The van der Waals surface area contributed by atoms with Crippen molar-refractivity contribution >= 4 is 17.7 Å². The van der Waals surface area contributed by atoms with Gasteiger partial charge in [0.1, 0.15) is 0 Å². The molecule has 0 spiro atoms. The summed E-state index contributed by atoms with van der Waals surface area (Å²) in [5.41, 5.74) is 0.947. The van der Waals surface area contributed by atoms with Gasteiger partial charge in [0.05, 0.1) is 6.10 Å². The summed E-state index contributed by atoms with van der Waals surface area (Å²) in [5.74, 6) is 0. The predicted molar refractivity (Wildman–Crippen MR) is 59.9 cm³/mol. The SMILES string of the molecule is CC(C)OC(=O)NCc1cccc(Cl)c1. The molecular formula is C11H14ClNO2. The lowest BCUT2D eigenvalue weighted by Gasteiger charge is -2.09. The maximum Gasteiger partial charge on any atom is 0.407 e. The summed E-state index contributed by atoms with van der Waals surface area (Å²) >= 11 is 5.80. The van der Waals surface area contributed by atoms with Crippen LogP contribution in [0.2, 0.25) is 5.02 Å². The lowest BCUT2D eigenvalue weighted by molar-refractivity contribution is 0.115. The first-order chi connectivity index (χ1) is 7.08. The van der Waals surface area contributed by atoms with E-state index in [0.717, 1.165) is 5.56 Å². The van der Waals surface area contributed by atoms with Gasteiger partial charge in [-0.3, -0.25) is 0 Å². The monoisotopic (exact) mass is 227 g/mol. The second-order valence-corrected chi connectivity index (χ2v) is 3.87. The minimum absolute atomic E-state index is 0.107. The summed E-state index contributed by atoms with van der Waals surface area (Å²) in [5, 5.41) is 3.30. The largest absolute Gasteiger partial charge is 0.447 e. The fourth-order valence-corrected chi connectivity index (χ4v) is 1.29. The highest BCUT2D eigenvalue weighted by Crippen LogP contribution is 2.10. The molecule has 1 aromatic rings. The third kappa shape index (κ3) is 4.70. The van der Waals surface area contributed by atoms with Crippen molar-refractivity contribution in [3.63, 3.8) is 0 Å². The molecule has 0 bridgehead atoms. The van der Waals surface area contributed by atoms with Gasteiger partial charge in [0, 0.05) is 11.6 Å². The topological polar surface area (TPSA) is 38.3 Å². The molecule has 0 atom stereocenters. The van der Waals surface area contributed by atoms with Crippen molar-refractivity contribution in [2.24, 2.45) is 0 Å². The van der Waals surface area contributed by atoms with Crippen molar-refractivity contribution in [1.29, 1.82) is 0 Å². The van der Waals surface area contributed by atoms with Gasteiger partial charge in [0.25, 0.3) is 0 Å². The molecule has 15 heavy (non-hydrogen) atoms. The maximum atomic E-state index is 11.1. The molecule has 4 heteroatoms. The summed E-state index contributed by atoms with van der Waals surface area (Å²) in [6.07, 6.45) is -0.519. The molecule has 0 saturated carbocycles. The quantitative estimate of drug-likeness (QED) is 0.862. The van der Waals surface area contributed by atoms with E-state index in [2.05, 4.69) is 5.32 Å².